The van der Waals surface area contributed by atoms with Crippen molar-refractivity contribution < 1.29 is 14.1 Å². The number of aryl methyl sites for hydroxylation is 1. The van der Waals surface area contributed by atoms with Crippen LogP contribution < -0.4 is 0 Å². The Hall–Kier alpha value is -1.45. The van der Waals surface area contributed by atoms with Crippen molar-refractivity contribution in [1.82, 2.24) is 5.16 Å². The summed E-state index contributed by atoms with van der Waals surface area (Å²) >= 11 is 0. The third-order valence-corrected chi connectivity index (χ3v) is 2.58. The molecule has 1 aromatic rings. The van der Waals surface area contributed by atoms with E-state index in [-0.39, 0.29) is 5.78 Å². The number of rotatable bonds is 0. The van der Waals surface area contributed by atoms with Gasteiger partial charge in [0.15, 0.2) is 0 Å². The third kappa shape index (κ3) is 1.03. The maximum atomic E-state index is 11.7. The van der Waals surface area contributed by atoms with E-state index in [9.17, 15) is 9.59 Å². The molecule has 0 unspecified atom stereocenters. The first-order valence-electron chi connectivity index (χ1n) is 4.48. The number of carbonyl (C=O) groups excluding carboxylic acids is 2. The van der Waals surface area contributed by atoms with E-state index in [0.717, 1.165) is 0 Å². The highest BCUT2D eigenvalue weighted by atomic mass is 16.5. The molecule has 0 radical (unpaired) electrons. The number of Topliss-reactive ketones (excluding diaryl/α,β-unsaturated/α-hetero) is 2. The second kappa shape index (κ2) is 2.53. The van der Waals surface area contributed by atoms with E-state index in [1.54, 1.807) is 20.8 Å². The molecule has 0 atom stereocenters. The Morgan fingerprint density at radius 1 is 1.36 bits per heavy atom. The summed E-state index contributed by atoms with van der Waals surface area (Å²) in [6.45, 7) is 5.16. The van der Waals surface area contributed by atoms with E-state index in [0.29, 0.717) is 23.4 Å². The quantitative estimate of drug-likeness (QED) is 0.583. The summed E-state index contributed by atoms with van der Waals surface area (Å²) < 4.78 is 5.02. The van der Waals surface area contributed by atoms with E-state index in [4.69, 9.17) is 4.52 Å². The molecule has 0 fully saturated rings. The van der Waals surface area contributed by atoms with Gasteiger partial charge in [-0.1, -0.05) is 19.0 Å². The molecular formula is C10H11NO3. The van der Waals surface area contributed by atoms with Crippen LogP contribution in [0.4, 0.5) is 0 Å². The molecule has 0 amide bonds. The first kappa shape index (κ1) is 9.12. The standard InChI is InChI=1S/C10H11NO3/c1-5-7-6(14-11-5)4-10(2,3)9(13)8(7)12/h4H2,1-3H3. The average molecular weight is 193 g/mol. The van der Waals surface area contributed by atoms with E-state index in [1.807, 2.05) is 0 Å². The van der Waals surface area contributed by atoms with Gasteiger partial charge < -0.3 is 4.52 Å². The van der Waals surface area contributed by atoms with Crippen LogP contribution in [-0.4, -0.2) is 16.7 Å². The lowest BCUT2D eigenvalue weighted by Gasteiger charge is -2.24. The molecule has 0 N–H and O–H groups in total. The van der Waals surface area contributed by atoms with Crippen LogP contribution in [0.3, 0.4) is 0 Å². The number of aromatic nitrogens is 1. The molecule has 74 valence electrons. The zero-order valence-corrected chi connectivity index (χ0v) is 8.38. The number of nitrogens with zero attached hydrogens (tertiary/aromatic N) is 1. The summed E-state index contributed by atoms with van der Waals surface area (Å²) in [4.78, 5) is 23.3. The van der Waals surface area contributed by atoms with Gasteiger partial charge in [0.2, 0.25) is 11.6 Å². The third-order valence-electron chi connectivity index (χ3n) is 2.58. The molecule has 0 bridgehead atoms. The highest BCUT2D eigenvalue weighted by molar-refractivity contribution is 6.46. The summed E-state index contributed by atoms with van der Waals surface area (Å²) in [5.74, 6) is -0.275. The Bertz CT molecular complexity index is 429. The van der Waals surface area contributed by atoms with Gasteiger partial charge >= 0.3 is 0 Å². The molecule has 0 aromatic carbocycles. The topological polar surface area (TPSA) is 60.2 Å². The minimum Gasteiger partial charge on any atom is -0.360 e. The summed E-state index contributed by atoms with van der Waals surface area (Å²) in [6, 6.07) is 0. The maximum absolute atomic E-state index is 11.7. The molecule has 1 aliphatic carbocycles. The molecule has 2 rings (SSSR count). The van der Waals surface area contributed by atoms with Crippen molar-refractivity contribution in [2.24, 2.45) is 5.41 Å². The monoisotopic (exact) mass is 193 g/mol. The number of hydrogen-bond acceptors (Lipinski definition) is 4. The Labute approximate surface area is 81.3 Å². The fraction of sp³-hybridized carbons (Fsp3) is 0.500. The normalized spacial score (nSPS) is 19.6. The van der Waals surface area contributed by atoms with Gasteiger partial charge in [0, 0.05) is 11.8 Å². The highest BCUT2D eigenvalue weighted by Crippen LogP contribution is 2.33. The summed E-state index contributed by atoms with van der Waals surface area (Å²) in [5.41, 5.74) is 0.221. The zero-order valence-electron chi connectivity index (χ0n) is 8.38. The van der Waals surface area contributed by atoms with Crippen molar-refractivity contribution in [3.8, 4) is 0 Å². The van der Waals surface area contributed by atoms with Crippen LogP contribution in [0.5, 0.6) is 0 Å². The molecular weight excluding hydrogens is 182 g/mol. The molecule has 1 aliphatic rings. The molecule has 1 heterocycles. The molecule has 0 saturated carbocycles. The van der Waals surface area contributed by atoms with Crippen molar-refractivity contribution in [3.05, 3.63) is 17.0 Å². The molecule has 0 saturated heterocycles. The van der Waals surface area contributed by atoms with E-state index >= 15 is 0 Å². The first-order chi connectivity index (χ1) is 6.43. The SMILES string of the molecule is Cc1noc2c1C(=O)C(=O)C(C)(C)C2. The Morgan fingerprint density at radius 3 is 2.64 bits per heavy atom. The fourth-order valence-electron chi connectivity index (χ4n) is 1.73. The maximum Gasteiger partial charge on any atom is 0.234 e. The van der Waals surface area contributed by atoms with E-state index < -0.39 is 11.2 Å². The van der Waals surface area contributed by atoms with Crippen molar-refractivity contribution >= 4 is 11.6 Å². The zero-order chi connectivity index (χ0) is 10.5. The van der Waals surface area contributed by atoms with Gasteiger partial charge in [0.1, 0.15) is 5.76 Å². The average Bonchev–Trinajstić information content (AvgIpc) is 2.43. The van der Waals surface area contributed by atoms with Gasteiger partial charge in [-0.25, -0.2) is 0 Å². The van der Waals surface area contributed by atoms with Crippen LogP contribution in [0.25, 0.3) is 0 Å². The van der Waals surface area contributed by atoms with Crippen LogP contribution in [0, 0.1) is 12.3 Å². The molecule has 4 heteroatoms. The second-order valence-corrected chi connectivity index (χ2v) is 4.29. The van der Waals surface area contributed by atoms with Crippen LogP contribution in [0.2, 0.25) is 0 Å². The van der Waals surface area contributed by atoms with Crippen molar-refractivity contribution in [2.75, 3.05) is 0 Å². The van der Waals surface area contributed by atoms with Gasteiger partial charge in [-0.2, -0.15) is 0 Å². The molecule has 1 aromatic heterocycles. The number of hydrogen-bond donors (Lipinski definition) is 0. The number of ketones is 2. The number of carbonyl (C=O) groups is 2. The smallest absolute Gasteiger partial charge is 0.234 e. The van der Waals surface area contributed by atoms with Crippen LogP contribution in [0.15, 0.2) is 4.52 Å². The summed E-state index contributed by atoms with van der Waals surface area (Å²) in [6.07, 6.45) is 0.452. The Balaban J connectivity index is 2.62. The largest absolute Gasteiger partial charge is 0.360 e. The minimum absolute atomic E-state index is 0.351. The predicted molar refractivity (Wildman–Crippen MR) is 48.1 cm³/mol. The lowest BCUT2D eigenvalue weighted by molar-refractivity contribution is -0.123. The predicted octanol–water partition coefficient (Wildman–Crippen LogP) is 1.32. The minimum atomic E-state index is -0.657. The van der Waals surface area contributed by atoms with Crippen LogP contribution in [-0.2, 0) is 11.2 Å². The molecule has 4 nitrogen and oxygen atoms in total. The van der Waals surface area contributed by atoms with Crippen LogP contribution in [0.1, 0.15) is 35.7 Å². The fourth-order valence-corrected chi connectivity index (χ4v) is 1.73. The molecule has 0 aliphatic heterocycles. The van der Waals surface area contributed by atoms with Gasteiger partial charge in [-0.3, -0.25) is 9.59 Å². The lowest BCUT2D eigenvalue weighted by Crippen LogP contribution is -2.38. The Morgan fingerprint density at radius 2 is 2.00 bits per heavy atom. The Kier molecular flexibility index (Phi) is 1.65. The summed E-state index contributed by atoms with van der Waals surface area (Å²) in [7, 11) is 0. The van der Waals surface area contributed by atoms with Crippen molar-refractivity contribution in [2.45, 2.75) is 27.2 Å². The van der Waals surface area contributed by atoms with Crippen molar-refractivity contribution in [1.29, 1.82) is 0 Å². The number of fused-ring (bicyclic) bond motifs is 1. The van der Waals surface area contributed by atoms with Crippen LogP contribution >= 0.6 is 0 Å². The van der Waals surface area contributed by atoms with Gasteiger partial charge in [-0.05, 0) is 6.92 Å². The molecule has 14 heavy (non-hydrogen) atoms. The van der Waals surface area contributed by atoms with Crippen molar-refractivity contribution in [3.63, 3.8) is 0 Å². The molecule has 0 spiro atoms. The lowest BCUT2D eigenvalue weighted by atomic mass is 9.75. The summed E-state index contributed by atoms with van der Waals surface area (Å²) in [5, 5.41) is 3.70. The van der Waals surface area contributed by atoms with Gasteiger partial charge in [0.25, 0.3) is 0 Å². The first-order valence-corrected chi connectivity index (χ1v) is 4.48. The highest BCUT2D eigenvalue weighted by Gasteiger charge is 2.43. The van der Waals surface area contributed by atoms with E-state index in [1.165, 1.54) is 0 Å². The van der Waals surface area contributed by atoms with E-state index in [2.05, 4.69) is 5.16 Å². The van der Waals surface area contributed by atoms with Gasteiger partial charge in [0.05, 0.1) is 11.3 Å². The second-order valence-electron chi connectivity index (χ2n) is 4.29. The van der Waals surface area contributed by atoms with Gasteiger partial charge in [-0.15, -0.1) is 0 Å².